The van der Waals surface area contributed by atoms with Crippen molar-refractivity contribution in [3.63, 3.8) is 0 Å². The third-order valence-electron chi connectivity index (χ3n) is 7.48. The van der Waals surface area contributed by atoms with E-state index in [1.165, 1.54) is 0 Å². The van der Waals surface area contributed by atoms with Crippen LogP contribution in [0, 0.1) is 0 Å². The number of benzene rings is 2. The second kappa shape index (κ2) is 8.79. The van der Waals surface area contributed by atoms with Crippen molar-refractivity contribution >= 4 is 0 Å². The van der Waals surface area contributed by atoms with Crippen molar-refractivity contribution in [3.8, 4) is 11.5 Å². The van der Waals surface area contributed by atoms with E-state index < -0.39 is 11.1 Å². The molecule has 2 aromatic rings. The molecule has 4 rings (SSSR count). The van der Waals surface area contributed by atoms with E-state index in [0.29, 0.717) is 38.5 Å². The molecule has 31 heavy (non-hydrogen) atoms. The average molecular weight is 427 g/mol. The molecule has 0 saturated heterocycles. The normalized spacial score (nSPS) is 31.5. The van der Waals surface area contributed by atoms with Crippen molar-refractivity contribution in [1.29, 1.82) is 0 Å². The molecule has 0 aliphatic heterocycles. The van der Waals surface area contributed by atoms with Gasteiger partial charge in [0.2, 0.25) is 0 Å². The predicted molar refractivity (Wildman–Crippen MR) is 119 cm³/mol. The Morgan fingerprint density at radius 2 is 1.32 bits per heavy atom. The van der Waals surface area contributed by atoms with E-state index in [4.69, 9.17) is 10.6 Å². The quantitative estimate of drug-likeness (QED) is 0.431. The van der Waals surface area contributed by atoms with Gasteiger partial charge >= 0.3 is 0 Å². The monoisotopic (exact) mass is 426 g/mol. The minimum absolute atomic E-state index is 0.214. The van der Waals surface area contributed by atoms with E-state index in [0.717, 1.165) is 29.7 Å². The van der Waals surface area contributed by atoms with Crippen molar-refractivity contribution in [1.82, 2.24) is 5.01 Å². The maximum Gasteiger partial charge on any atom is 0.119 e. The molecule has 0 bridgehead atoms. The summed E-state index contributed by atoms with van der Waals surface area (Å²) in [6, 6.07) is 15.4. The standard InChI is InChI=1S/C25H34N2O4/c1-31-23-7-3-5-19(17-23)25(14-10-21(29)11-15-25)27(26)24(12-8-20(28)9-13-24)18-4-2-6-22(30)16-18/h2-7,16-17,20-21,28-30H,8-15,26H2,1H3. The smallest absolute Gasteiger partial charge is 0.119 e. The topological polar surface area (TPSA) is 99.2 Å². The summed E-state index contributed by atoms with van der Waals surface area (Å²) in [6.07, 6.45) is 4.83. The molecule has 6 nitrogen and oxygen atoms in total. The molecule has 0 unspecified atom stereocenters. The van der Waals surface area contributed by atoms with E-state index in [-0.39, 0.29) is 18.0 Å². The lowest BCUT2D eigenvalue weighted by molar-refractivity contribution is -0.0985. The highest BCUT2D eigenvalue weighted by Crippen LogP contribution is 2.51. The third-order valence-corrected chi connectivity index (χ3v) is 7.48. The Labute approximate surface area is 184 Å². The fourth-order valence-electron chi connectivity index (χ4n) is 5.62. The number of hydrogen-bond donors (Lipinski definition) is 4. The zero-order valence-electron chi connectivity index (χ0n) is 18.2. The SMILES string of the molecule is COc1cccc(C2(N(N)C3(c4cccc(O)c4)CCC(O)CC3)CCC(O)CC2)c1. The summed E-state index contributed by atoms with van der Waals surface area (Å²) < 4.78 is 5.50. The number of nitrogens with zero attached hydrogens (tertiary/aromatic N) is 1. The van der Waals surface area contributed by atoms with Crippen LogP contribution >= 0.6 is 0 Å². The summed E-state index contributed by atoms with van der Waals surface area (Å²) >= 11 is 0. The van der Waals surface area contributed by atoms with E-state index in [2.05, 4.69) is 6.07 Å². The predicted octanol–water partition coefficient (Wildman–Crippen LogP) is 3.54. The minimum atomic E-state index is -0.524. The third kappa shape index (κ3) is 4.05. The molecule has 2 aliphatic carbocycles. The van der Waals surface area contributed by atoms with Gasteiger partial charge in [0.15, 0.2) is 0 Å². The zero-order chi connectivity index (χ0) is 22.1. The van der Waals surface area contributed by atoms with Crippen LogP contribution < -0.4 is 10.6 Å². The highest BCUT2D eigenvalue weighted by molar-refractivity contribution is 5.37. The average Bonchev–Trinajstić information content (AvgIpc) is 2.80. The number of nitrogens with two attached hydrogens (primary N) is 1. The Morgan fingerprint density at radius 3 is 1.81 bits per heavy atom. The van der Waals surface area contributed by atoms with Crippen molar-refractivity contribution in [2.75, 3.05) is 7.11 Å². The Bertz CT molecular complexity index is 887. The van der Waals surface area contributed by atoms with Crippen LogP contribution in [0.3, 0.4) is 0 Å². The van der Waals surface area contributed by atoms with Gasteiger partial charge in [-0.25, -0.2) is 5.01 Å². The molecule has 0 amide bonds. The van der Waals surface area contributed by atoms with Gasteiger partial charge in [0.1, 0.15) is 11.5 Å². The fraction of sp³-hybridized carbons (Fsp3) is 0.520. The minimum Gasteiger partial charge on any atom is -0.508 e. The van der Waals surface area contributed by atoms with Gasteiger partial charge in [-0.1, -0.05) is 24.3 Å². The van der Waals surface area contributed by atoms with Gasteiger partial charge in [0.05, 0.1) is 30.4 Å². The van der Waals surface area contributed by atoms with E-state index in [1.807, 2.05) is 35.3 Å². The Kier molecular flexibility index (Phi) is 6.26. The summed E-state index contributed by atoms with van der Waals surface area (Å²) in [5, 5.41) is 32.8. The summed E-state index contributed by atoms with van der Waals surface area (Å²) in [5.41, 5.74) is 1.03. The number of rotatable bonds is 5. The number of hydrogen-bond acceptors (Lipinski definition) is 6. The lowest BCUT2D eigenvalue weighted by atomic mass is 9.68. The second-order valence-corrected chi connectivity index (χ2v) is 9.18. The number of aromatic hydroxyl groups is 1. The van der Waals surface area contributed by atoms with Gasteiger partial charge in [-0.3, -0.25) is 5.84 Å². The van der Waals surface area contributed by atoms with Crippen LogP contribution in [0.4, 0.5) is 0 Å². The maximum absolute atomic E-state index is 10.3. The number of aliphatic hydroxyl groups is 2. The van der Waals surface area contributed by atoms with Crippen LogP contribution in [0.2, 0.25) is 0 Å². The number of ether oxygens (including phenoxy) is 1. The zero-order valence-corrected chi connectivity index (χ0v) is 18.2. The molecule has 6 heteroatoms. The van der Waals surface area contributed by atoms with E-state index >= 15 is 0 Å². The summed E-state index contributed by atoms with van der Waals surface area (Å²) in [7, 11) is 1.66. The molecule has 0 radical (unpaired) electrons. The van der Waals surface area contributed by atoms with Crippen LogP contribution in [0.5, 0.6) is 11.5 Å². The van der Waals surface area contributed by atoms with Crippen molar-refractivity contribution in [3.05, 3.63) is 59.7 Å². The summed E-state index contributed by atoms with van der Waals surface area (Å²) in [6.45, 7) is 0. The molecule has 0 heterocycles. The first-order valence-corrected chi connectivity index (χ1v) is 11.2. The fourth-order valence-corrected chi connectivity index (χ4v) is 5.62. The van der Waals surface area contributed by atoms with Crippen molar-refractivity contribution in [2.45, 2.75) is 74.7 Å². The maximum atomic E-state index is 10.3. The first kappa shape index (κ1) is 22.1. The molecule has 0 spiro atoms. The highest BCUT2D eigenvalue weighted by Gasteiger charge is 2.51. The van der Waals surface area contributed by atoms with Gasteiger partial charge < -0.3 is 20.1 Å². The van der Waals surface area contributed by atoms with Gasteiger partial charge in [-0.15, -0.1) is 0 Å². The van der Waals surface area contributed by atoms with Gasteiger partial charge in [0, 0.05) is 0 Å². The van der Waals surface area contributed by atoms with Gasteiger partial charge in [-0.05, 0) is 86.8 Å². The molecule has 168 valence electrons. The number of aliphatic hydroxyl groups excluding tert-OH is 2. The van der Waals surface area contributed by atoms with Crippen LogP contribution in [-0.4, -0.2) is 39.6 Å². The number of phenols is 1. The van der Waals surface area contributed by atoms with Gasteiger partial charge in [0.25, 0.3) is 0 Å². The van der Waals surface area contributed by atoms with Crippen LogP contribution in [0.1, 0.15) is 62.5 Å². The lowest BCUT2D eigenvalue weighted by Gasteiger charge is -2.56. The molecule has 2 aliphatic rings. The number of hydrazine groups is 1. The largest absolute Gasteiger partial charge is 0.508 e. The molecule has 5 N–H and O–H groups in total. The number of methoxy groups -OCH3 is 1. The lowest BCUT2D eigenvalue weighted by Crippen LogP contribution is -2.63. The van der Waals surface area contributed by atoms with Crippen molar-refractivity contribution < 1.29 is 20.1 Å². The molecule has 0 atom stereocenters. The Morgan fingerprint density at radius 1 is 0.839 bits per heavy atom. The second-order valence-electron chi connectivity index (χ2n) is 9.18. The molecular formula is C25H34N2O4. The molecular weight excluding hydrogens is 392 g/mol. The highest BCUT2D eigenvalue weighted by atomic mass is 16.5. The molecule has 2 aromatic carbocycles. The van der Waals surface area contributed by atoms with Crippen LogP contribution in [0.15, 0.2) is 48.5 Å². The Hall–Kier alpha value is -2.12. The molecule has 0 aromatic heterocycles. The van der Waals surface area contributed by atoms with E-state index in [9.17, 15) is 15.3 Å². The van der Waals surface area contributed by atoms with Crippen LogP contribution in [-0.2, 0) is 11.1 Å². The Balaban J connectivity index is 1.84. The van der Waals surface area contributed by atoms with E-state index in [1.54, 1.807) is 19.2 Å². The summed E-state index contributed by atoms with van der Waals surface area (Å²) in [4.78, 5) is 0. The molecule has 2 saturated carbocycles. The van der Waals surface area contributed by atoms with Crippen LogP contribution in [0.25, 0.3) is 0 Å². The first-order chi connectivity index (χ1) is 14.9. The number of phenolic OH excluding ortho intramolecular Hbond substituents is 1. The van der Waals surface area contributed by atoms with Crippen molar-refractivity contribution in [2.24, 2.45) is 5.84 Å². The molecule has 2 fully saturated rings. The van der Waals surface area contributed by atoms with Gasteiger partial charge in [-0.2, -0.15) is 0 Å². The first-order valence-electron chi connectivity index (χ1n) is 11.2. The summed E-state index contributed by atoms with van der Waals surface area (Å²) in [5.74, 6) is 8.13.